The lowest BCUT2D eigenvalue weighted by molar-refractivity contribution is -0.161. The first-order chi connectivity index (χ1) is 8.66. The number of ether oxygens (including phenoxy) is 4. The van der Waals surface area contributed by atoms with Crippen LogP contribution in [0.15, 0.2) is 12.5 Å². The average molecular weight is 257 g/mol. The maximum Gasteiger partial charge on any atom is 0.274 e. The van der Waals surface area contributed by atoms with Crippen molar-refractivity contribution in [1.82, 2.24) is 4.90 Å². The van der Waals surface area contributed by atoms with E-state index in [1.54, 1.807) is 4.90 Å². The van der Waals surface area contributed by atoms with E-state index in [1.807, 2.05) is 0 Å². The first kappa shape index (κ1) is 11.8. The van der Waals surface area contributed by atoms with Crippen LogP contribution in [-0.2, 0) is 23.7 Å². The molecular formula is C11H15NO6. The number of aliphatic hydroxyl groups is 1. The maximum atomic E-state index is 12.2. The summed E-state index contributed by atoms with van der Waals surface area (Å²) in [6.07, 6.45) is -3.40. The Balaban J connectivity index is 1.67. The Morgan fingerprint density at radius 3 is 2.72 bits per heavy atom. The Morgan fingerprint density at radius 2 is 2.06 bits per heavy atom. The summed E-state index contributed by atoms with van der Waals surface area (Å²) in [7, 11) is 0. The lowest BCUT2D eigenvalue weighted by atomic mass is 10.1. The van der Waals surface area contributed by atoms with E-state index in [1.165, 1.54) is 0 Å². The van der Waals surface area contributed by atoms with Crippen molar-refractivity contribution in [3.63, 3.8) is 0 Å². The minimum Gasteiger partial charge on any atom is -0.453 e. The SMILES string of the molecule is C=C1O[C@@H]2O[C@@H](C(=O)N3CCOCC3)[C@@H](O)[C@@H]2O1. The van der Waals surface area contributed by atoms with Crippen LogP contribution in [0.1, 0.15) is 0 Å². The Morgan fingerprint density at radius 1 is 1.33 bits per heavy atom. The summed E-state index contributed by atoms with van der Waals surface area (Å²) in [6.45, 7) is 5.51. The van der Waals surface area contributed by atoms with Crippen molar-refractivity contribution in [3.05, 3.63) is 12.5 Å². The van der Waals surface area contributed by atoms with Crippen LogP contribution in [0.4, 0.5) is 0 Å². The smallest absolute Gasteiger partial charge is 0.274 e. The molecule has 1 N–H and O–H groups in total. The Hall–Kier alpha value is -1.31. The molecular weight excluding hydrogens is 242 g/mol. The molecule has 0 unspecified atom stereocenters. The van der Waals surface area contributed by atoms with Crippen molar-refractivity contribution >= 4 is 5.91 Å². The zero-order valence-electron chi connectivity index (χ0n) is 9.78. The number of amides is 1. The van der Waals surface area contributed by atoms with Gasteiger partial charge in [-0.15, -0.1) is 0 Å². The lowest BCUT2D eigenvalue weighted by Gasteiger charge is -2.29. The first-order valence-corrected chi connectivity index (χ1v) is 5.89. The molecule has 0 radical (unpaired) electrons. The Bertz CT molecular complexity index is 367. The van der Waals surface area contributed by atoms with Crippen molar-refractivity contribution in [2.45, 2.75) is 24.6 Å². The summed E-state index contributed by atoms with van der Waals surface area (Å²) in [5.41, 5.74) is 0. The third-order valence-corrected chi connectivity index (χ3v) is 3.28. The molecule has 3 saturated heterocycles. The topological polar surface area (TPSA) is 77.5 Å². The van der Waals surface area contributed by atoms with Gasteiger partial charge in [0.2, 0.25) is 6.29 Å². The van der Waals surface area contributed by atoms with E-state index in [2.05, 4.69) is 6.58 Å². The molecule has 3 rings (SSSR count). The van der Waals surface area contributed by atoms with Gasteiger partial charge in [0, 0.05) is 13.1 Å². The van der Waals surface area contributed by atoms with Crippen LogP contribution in [0.25, 0.3) is 0 Å². The van der Waals surface area contributed by atoms with Gasteiger partial charge in [-0.2, -0.15) is 0 Å². The van der Waals surface area contributed by atoms with Gasteiger partial charge in [0.05, 0.1) is 13.2 Å². The van der Waals surface area contributed by atoms with Gasteiger partial charge >= 0.3 is 0 Å². The maximum absolute atomic E-state index is 12.2. The molecule has 0 spiro atoms. The standard InChI is InChI=1S/C11H15NO6/c1-6-16-9-7(13)8(18-11(9)17-6)10(14)12-2-4-15-5-3-12/h7-9,11,13H,1-5H2/t7-,8-,9+,11-/m1/s1. The number of hydrogen-bond acceptors (Lipinski definition) is 6. The fourth-order valence-electron chi connectivity index (χ4n) is 2.33. The minimum atomic E-state index is -1.04. The molecule has 3 heterocycles. The van der Waals surface area contributed by atoms with Crippen LogP contribution in [0.5, 0.6) is 0 Å². The number of carbonyl (C=O) groups excluding carboxylic acids is 1. The highest BCUT2D eigenvalue weighted by atomic mass is 16.8. The Kier molecular flexibility index (Phi) is 2.89. The zero-order valence-corrected chi connectivity index (χ0v) is 9.78. The molecule has 7 heteroatoms. The number of rotatable bonds is 1. The van der Waals surface area contributed by atoms with Gasteiger partial charge in [0.1, 0.15) is 6.10 Å². The van der Waals surface area contributed by atoms with Gasteiger partial charge in [-0.3, -0.25) is 4.79 Å². The molecule has 18 heavy (non-hydrogen) atoms. The van der Waals surface area contributed by atoms with E-state index in [9.17, 15) is 9.90 Å². The highest BCUT2D eigenvalue weighted by molar-refractivity contribution is 5.82. The van der Waals surface area contributed by atoms with Crippen molar-refractivity contribution in [2.24, 2.45) is 0 Å². The molecule has 3 aliphatic heterocycles. The van der Waals surface area contributed by atoms with Crippen LogP contribution in [0, 0.1) is 0 Å². The minimum absolute atomic E-state index is 0.112. The molecule has 0 bridgehead atoms. The van der Waals surface area contributed by atoms with Crippen LogP contribution in [0.3, 0.4) is 0 Å². The number of nitrogens with zero attached hydrogens (tertiary/aromatic N) is 1. The van der Waals surface area contributed by atoms with Crippen molar-refractivity contribution in [3.8, 4) is 0 Å². The van der Waals surface area contributed by atoms with E-state index >= 15 is 0 Å². The van der Waals surface area contributed by atoms with Crippen molar-refractivity contribution in [1.29, 1.82) is 0 Å². The molecule has 7 nitrogen and oxygen atoms in total. The van der Waals surface area contributed by atoms with Gasteiger partial charge in [-0.1, -0.05) is 0 Å². The summed E-state index contributed by atoms with van der Waals surface area (Å²) < 4.78 is 20.9. The fourth-order valence-corrected chi connectivity index (χ4v) is 2.33. The molecule has 3 fully saturated rings. The zero-order chi connectivity index (χ0) is 12.7. The van der Waals surface area contributed by atoms with Gasteiger partial charge in [-0.25, -0.2) is 0 Å². The van der Waals surface area contributed by atoms with Crippen LogP contribution < -0.4 is 0 Å². The number of carbonyl (C=O) groups is 1. The molecule has 0 aromatic heterocycles. The molecule has 0 aromatic rings. The molecule has 0 aliphatic carbocycles. The average Bonchev–Trinajstić information content (AvgIpc) is 2.88. The van der Waals surface area contributed by atoms with E-state index in [4.69, 9.17) is 18.9 Å². The third-order valence-electron chi connectivity index (χ3n) is 3.28. The summed E-state index contributed by atoms with van der Waals surface area (Å²) in [5, 5.41) is 10.0. The highest BCUT2D eigenvalue weighted by Gasteiger charge is 2.54. The quantitative estimate of drug-likeness (QED) is 0.637. The number of hydrogen-bond donors (Lipinski definition) is 1. The monoisotopic (exact) mass is 257 g/mol. The van der Waals surface area contributed by atoms with Gasteiger partial charge in [0.25, 0.3) is 11.9 Å². The predicted molar refractivity (Wildman–Crippen MR) is 57.2 cm³/mol. The van der Waals surface area contributed by atoms with Gasteiger partial charge in [-0.05, 0) is 6.58 Å². The van der Waals surface area contributed by atoms with E-state index in [0.717, 1.165) is 0 Å². The molecule has 0 aromatic carbocycles. The molecule has 100 valence electrons. The second-order valence-electron chi connectivity index (χ2n) is 4.43. The second-order valence-corrected chi connectivity index (χ2v) is 4.43. The highest BCUT2D eigenvalue weighted by Crippen LogP contribution is 2.34. The van der Waals surface area contributed by atoms with Crippen LogP contribution in [0.2, 0.25) is 0 Å². The first-order valence-electron chi connectivity index (χ1n) is 5.89. The summed E-state index contributed by atoms with van der Waals surface area (Å²) in [4.78, 5) is 13.8. The number of aliphatic hydroxyl groups excluding tert-OH is 1. The number of fused-ring (bicyclic) bond motifs is 1. The van der Waals surface area contributed by atoms with E-state index in [-0.39, 0.29) is 11.9 Å². The largest absolute Gasteiger partial charge is 0.453 e. The van der Waals surface area contributed by atoms with Gasteiger partial charge < -0.3 is 29.0 Å². The second kappa shape index (κ2) is 4.42. The molecule has 3 aliphatic rings. The molecule has 1 amide bonds. The van der Waals surface area contributed by atoms with Crippen LogP contribution in [-0.4, -0.2) is 66.8 Å². The van der Waals surface area contributed by atoms with E-state index in [0.29, 0.717) is 26.3 Å². The van der Waals surface area contributed by atoms with Gasteiger partial charge in [0.15, 0.2) is 12.2 Å². The van der Waals surface area contributed by atoms with Crippen LogP contribution >= 0.6 is 0 Å². The summed E-state index contributed by atoms with van der Waals surface area (Å²) >= 11 is 0. The fraction of sp³-hybridized carbons (Fsp3) is 0.727. The lowest BCUT2D eigenvalue weighted by Crippen LogP contribution is -2.49. The molecule has 4 atom stereocenters. The van der Waals surface area contributed by atoms with E-state index < -0.39 is 24.6 Å². The number of morpholine rings is 1. The molecule has 0 saturated carbocycles. The van der Waals surface area contributed by atoms with Crippen molar-refractivity contribution < 1.29 is 28.8 Å². The third kappa shape index (κ3) is 1.84. The summed E-state index contributed by atoms with van der Waals surface area (Å²) in [5.74, 6) is -0.140. The predicted octanol–water partition coefficient (Wildman–Crippen LogP) is -1.18. The Labute approximate surface area is 104 Å². The summed E-state index contributed by atoms with van der Waals surface area (Å²) in [6, 6.07) is 0. The van der Waals surface area contributed by atoms with Crippen molar-refractivity contribution in [2.75, 3.05) is 26.3 Å². The normalized spacial score (nSPS) is 39.2.